The minimum absolute atomic E-state index is 0.0636. The Morgan fingerprint density at radius 3 is 2.41 bits per heavy atom. The molecule has 0 unspecified atom stereocenters. The summed E-state index contributed by atoms with van der Waals surface area (Å²) < 4.78 is 1.69. The minimum Gasteiger partial charge on any atom is -0.325 e. The first-order valence-electron chi connectivity index (χ1n) is 11.7. The van der Waals surface area contributed by atoms with Gasteiger partial charge >= 0.3 is 0 Å². The van der Waals surface area contributed by atoms with Crippen LogP contribution in [0.4, 0.5) is 11.4 Å². The second-order valence-corrected chi connectivity index (χ2v) is 11.5. The average molecular weight is 494 g/mol. The number of fused-ring (bicyclic) bond motifs is 2. The highest BCUT2D eigenvalue weighted by atomic mass is 32.2. The van der Waals surface area contributed by atoms with Gasteiger partial charge in [-0.3, -0.25) is 19.3 Å². The molecule has 1 saturated heterocycles. The van der Waals surface area contributed by atoms with E-state index in [-0.39, 0.29) is 35.3 Å². The number of thiazole rings is 1. The van der Waals surface area contributed by atoms with Crippen molar-refractivity contribution < 1.29 is 14.4 Å². The van der Waals surface area contributed by atoms with Crippen LogP contribution in [0.5, 0.6) is 0 Å². The largest absolute Gasteiger partial charge is 0.325 e. The van der Waals surface area contributed by atoms with Crippen molar-refractivity contribution in [2.24, 2.45) is 11.8 Å². The van der Waals surface area contributed by atoms with Gasteiger partial charge in [-0.1, -0.05) is 50.6 Å². The number of carbonyl (C=O) groups excluding carboxylic acids is 3. The molecule has 1 N–H and O–H groups in total. The molecule has 2 atom stereocenters. The summed E-state index contributed by atoms with van der Waals surface area (Å²) in [5, 5.41) is 2.93. The number of hydrogen-bond acceptors (Lipinski definition) is 6. The van der Waals surface area contributed by atoms with E-state index in [9.17, 15) is 14.4 Å². The maximum Gasteiger partial charge on any atom is 0.237 e. The van der Waals surface area contributed by atoms with Crippen LogP contribution in [0.15, 0.2) is 46.8 Å². The standard InChI is InChI=1S/C26H27N3O3S2/c1-15(2)16-7-9-17(10-8-16)27-23(30)14-33-26-28-21-12-11-18(13-22(21)34-26)29-24(31)19-5-3-4-6-20(19)25(29)32/h7-13,15,19-20H,3-6,14H2,1-2H3,(H,27,30)/t19-,20-/m1/s1. The number of imide groups is 1. The Morgan fingerprint density at radius 1 is 1.09 bits per heavy atom. The van der Waals surface area contributed by atoms with E-state index in [1.54, 1.807) is 6.07 Å². The Balaban J connectivity index is 1.25. The maximum atomic E-state index is 12.9. The zero-order valence-corrected chi connectivity index (χ0v) is 20.9. The van der Waals surface area contributed by atoms with Crippen molar-refractivity contribution in [3.63, 3.8) is 0 Å². The fourth-order valence-corrected chi connectivity index (χ4v) is 6.69. The maximum absolute atomic E-state index is 12.9. The summed E-state index contributed by atoms with van der Waals surface area (Å²) in [4.78, 5) is 44.2. The number of benzene rings is 2. The van der Waals surface area contributed by atoms with Crippen LogP contribution in [0.25, 0.3) is 10.2 Å². The summed E-state index contributed by atoms with van der Waals surface area (Å²) in [5.41, 5.74) is 3.44. The van der Waals surface area contributed by atoms with E-state index in [0.29, 0.717) is 11.6 Å². The number of nitrogens with one attached hydrogen (secondary N) is 1. The zero-order chi connectivity index (χ0) is 23.8. The van der Waals surface area contributed by atoms with Crippen LogP contribution >= 0.6 is 23.1 Å². The van der Waals surface area contributed by atoms with Gasteiger partial charge in [-0.05, 0) is 54.7 Å². The summed E-state index contributed by atoms with van der Waals surface area (Å²) in [6.07, 6.45) is 3.64. The van der Waals surface area contributed by atoms with E-state index in [1.807, 2.05) is 36.4 Å². The number of aromatic nitrogens is 1. The monoisotopic (exact) mass is 493 g/mol. The number of thioether (sulfide) groups is 1. The molecule has 1 saturated carbocycles. The minimum atomic E-state index is -0.162. The molecule has 2 heterocycles. The Kier molecular flexibility index (Phi) is 6.44. The fraction of sp³-hybridized carbons (Fsp3) is 0.385. The lowest BCUT2D eigenvalue weighted by molar-refractivity contribution is -0.122. The third-order valence-corrected chi connectivity index (χ3v) is 8.80. The van der Waals surface area contributed by atoms with Gasteiger partial charge in [0, 0.05) is 5.69 Å². The van der Waals surface area contributed by atoms with Crippen molar-refractivity contribution in [1.29, 1.82) is 0 Å². The van der Waals surface area contributed by atoms with Crippen LogP contribution in [-0.4, -0.2) is 28.5 Å². The highest BCUT2D eigenvalue weighted by molar-refractivity contribution is 8.01. The third kappa shape index (κ3) is 4.49. The predicted molar refractivity (Wildman–Crippen MR) is 137 cm³/mol. The first-order valence-corrected chi connectivity index (χ1v) is 13.5. The number of rotatable bonds is 6. The van der Waals surface area contributed by atoms with Gasteiger partial charge < -0.3 is 5.32 Å². The molecule has 1 aliphatic carbocycles. The van der Waals surface area contributed by atoms with Crippen molar-refractivity contribution in [3.05, 3.63) is 48.0 Å². The molecule has 0 bridgehead atoms. The Bertz CT molecular complexity index is 1230. The number of amides is 3. The van der Waals surface area contributed by atoms with Gasteiger partial charge in [-0.2, -0.15) is 0 Å². The Labute approximate surface area is 207 Å². The molecule has 5 rings (SSSR count). The summed E-state index contributed by atoms with van der Waals surface area (Å²) in [7, 11) is 0. The quantitative estimate of drug-likeness (QED) is 0.345. The van der Waals surface area contributed by atoms with Crippen LogP contribution in [0.3, 0.4) is 0 Å². The molecule has 34 heavy (non-hydrogen) atoms. The molecule has 2 aliphatic rings. The van der Waals surface area contributed by atoms with Crippen LogP contribution in [0.2, 0.25) is 0 Å². The normalized spacial score (nSPS) is 20.3. The Morgan fingerprint density at radius 2 is 1.76 bits per heavy atom. The smallest absolute Gasteiger partial charge is 0.237 e. The van der Waals surface area contributed by atoms with E-state index >= 15 is 0 Å². The molecule has 1 aromatic heterocycles. The van der Waals surface area contributed by atoms with Crippen molar-refractivity contribution in [1.82, 2.24) is 4.98 Å². The lowest BCUT2D eigenvalue weighted by Gasteiger charge is -2.19. The fourth-order valence-electron chi connectivity index (χ4n) is 4.79. The Hall–Kier alpha value is -2.71. The summed E-state index contributed by atoms with van der Waals surface area (Å²) in [5.74, 6) is 0.168. The number of carbonyl (C=O) groups is 3. The molecular formula is C26H27N3O3S2. The molecular weight excluding hydrogens is 466 g/mol. The summed E-state index contributed by atoms with van der Waals surface area (Å²) >= 11 is 2.86. The van der Waals surface area contributed by atoms with Crippen LogP contribution in [0.1, 0.15) is 51.0 Å². The molecule has 1 aliphatic heterocycles. The number of nitrogens with zero attached hydrogens (tertiary/aromatic N) is 2. The molecule has 8 heteroatoms. The summed E-state index contributed by atoms with van der Waals surface area (Å²) in [6, 6.07) is 13.4. The average Bonchev–Trinajstić information content (AvgIpc) is 3.36. The van der Waals surface area contributed by atoms with E-state index in [1.165, 1.54) is 33.6 Å². The molecule has 6 nitrogen and oxygen atoms in total. The first kappa shape index (κ1) is 23.1. The lowest BCUT2D eigenvalue weighted by atomic mass is 9.81. The number of hydrogen-bond donors (Lipinski definition) is 1. The van der Waals surface area contributed by atoms with Gasteiger partial charge in [-0.15, -0.1) is 11.3 Å². The molecule has 2 fully saturated rings. The molecule has 0 radical (unpaired) electrons. The third-order valence-electron chi connectivity index (χ3n) is 6.64. The van der Waals surface area contributed by atoms with Crippen molar-refractivity contribution >= 4 is 62.4 Å². The van der Waals surface area contributed by atoms with Gasteiger partial charge in [-0.25, -0.2) is 4.98 Å². The molecule has 2 aromatic carbocycles. The van der Waals surface area contributed by atoms with E-state index in [2.05, 4.69) is 24.1 Å². The van der Waals surface area contributed by atoms with E-state index < -0.39 is 0 Å². The highest BCUT2D eigenvalue weighted by Crippen LogP contribution is 2.41. The van der Waals surface area contributed by atoms with Gasteiger partial charge in [0.25, 0.3) is 0 Å². The lowest BCUT2D eigenvalue weighted by Crippen LogP contribution is -2.30. The van der Waals surface area contributed by atoms with Crippen molar-refractivity contribution in [3.8, 4) is 0 Å². The summed E-state index contributed by atoms with van der Waals surface area (Å²) in [6.45, 7) is 4.27. The second-order valence-electron chi connectivity index (χ2n) is 9.25. The van der Waals surface area contributed by atoms with E-state index in [0.717, 1.165) is 45.9 Å². The van der Waals surface area contributed by atoms with Crippen molar-refractivity contribution in [2.45, 2.75) is 49.8 Å². The molecule has 0 spiro atoms. The zero-order valence-electron chi connectivity index (χ0n) is 19.2. The molecule has 176 valence electrons. The predicted octanol–water partition coefficient (Wildman–Crippen LogP) is 5.83. The van der Waals surface area contributed by atoms with Gasteiger partial charge in [0.15, 0.2) is 4.34 Å². The van der Waals surface area contributed by atoms with Crippen molar-refractivity contribution in [2.75, 3.05) is 16.0 Å². The molecule has 3 aromatic rings. The topological polar surface area (TPSA) is 79.4 Å². The number of anilines is 2. The van der Waals surface area contributed by atoms with E-state index in [4.69, 9.17) is 0 Å². The van der Waals surface area contributed by atoms with Gasteiger partial charge in [0.05, 0.1) is 33.5 Å². The van der Waals surface area contributed by atoms with Gasteiger partial charge in [0.2, 0.25) is 17.7 Å². The second kappa shape index (κ2) is 9.50. The SMILES string of the molecule is CC(C)c1ccc(NC(=O)CSc2nc3ccc(N4C(=O)[C@@H]5CCCC[C@H]5C4=O)cc3s2)cc1. The van der Waals surface area contributed by atoms with Crippen LogP contribution in [-0.2, 0) is 14.4 Å². The molecule has 3 amide bonds. The first-order chi connectivity index (χ1) is 16.4. The highest BCUT2D eigenvalue weighted by Gasteiger charge is 2.48. The van der Waals surface area contributed by atoms with Crippen LogP contribution < -0.4 is 10.2 Å². The van der Waals surface area contributed by atoms with Gasteiger partial charge in [0.1, 0.15) is 0 Å². The van der Waals surface area contributed by atoms with Crippen LogP contribution in [0, 0.1) is 11.8 Å².